The molecule has 0 aliphatic carbocycles. The molecule has 1 N–H and O–H groups in total. The van der Waals surface area contributed by atoms with Crippen LogP contribution in [-0.2, 0) is 29.0 Å². The lowest BCUT2D eigenvalue weighted by Gasteiger charge is -2.35. The largest absolute Gasteiger partial charge is 0.611 e. The standard InChI is InChI=1S/C27H33ClF3N3O5S/c1-5-40(37)23-9-8-21(28)14-20(23)16-32-24(35)18-6-7-19(22(15-18)38-27(29,30)31)17-33-10-12-34(13-11-33)25(36)39-26(2,3)4/h6-9,14-15H,5,10-13,16-17H2,1-4H3,(H,32,35). The van der Waals surface area contributed by atoms with E-state index in [0.29, 0.717) is 47.4 Å². The molecule has 0 bridgehead atoms. The zero-order valence-corrected chi connectivity index (χ0v) is 24.3. The number of alkyl halides is 3. The summed E-state index contributed by atoms with van der Waals surface area (Å²) < 4.78 is 61.7. The van der Waals surface area contributed by atoms with E-state index in [9.17, 15) is 27.3 Å². The van der Waals surface area contributed by atoms with Crippen molar-refractivity contribution < 1.29 is 36.8 Å². The molecule has 1 unspecified atom stereocenters. The third-order valence-corrected chi connectivity index (χ3v) is 7.59. The third kappa shape index (κ3) is 9.46. The van der Waals surface area contributed by atoms with Crippen LogP contribution in [0.25, 0.3) is 0 Å². The second-order valence-electron chi connectivity index (χ2n) is 10.2. The first-order chi connectivity index (χ1) is 18.6. The average molecular weight is 604 g/mol. The second-order valence-corrected chi connectivity index (χ2v) is 12.3. The van der Waals surface area contributed by atoms with Crippen molar-refractivity contribution in [2.24, 2.45) is 0 Å². The van der Waals surface area contributed by atoms with E-state index in [4.69, 9.17) is 16.3 Å². The van der Waals surface area contributed by atoms with Gasteiger partial charge in [-0.15, -0.1) is 13.2 Å². The van der Waals surface area contributed by atoms with E-state index in [1.54, 1.807) is 50.8 Å². The molecule has 1 aliphatic heterocycles. The number of ether oxygens (including phenoxy) is 2. The fourth-order valence-electron chi connectivity index (χ4n) is 4.04. The van der Waals surface area contributed by atoms with Gasteiger partial charge in [0.15, 0.2) is 4.90 Å². The van der Waals surface area contributed by atoms with Crippen LogP contribution in [0.2, 0.25) is 5.02 Å². The summed E-state index contributed by atoms with van der Waals surface area (Å²) in [7, 11) is 0. The SMILES string of the molecule is CC[S+]([O-])c1ccc(Cl)cc1CNC(=O)c1ccc(CN2CCN(C(=O)OC(C)(C)C)CC2)c(OC(F)(F)F)c1. The van der Waals surface area contributed by atoms with E-state index in [2.05, 4.69) is 10.1 Å². The van der Waals surface area contributed by atoms with Gasteiger partial charge in [0, 0.05) is 61.0 Å². The normalized spacial score (nSPS) is 15.5. The fraction of sp³-hybridized carbons (Fsp3) is 0.481. The van der Waals surface area contributed by atoms with Crippen LogP contribution in [0.1, 0.15) is 49.2 Å². The van der Waals surface area contributed by atoms with E-state index < -0.39 is 40.9 Å². The number of amides is 2. The fourth-order valence-corrected chi connectivity index (χ4v) is 5.19. The molecule has 0 saturated carbocycles. The Morgan fingerprint density at radius 3 is 2.33 bits per heavy atom. The van der Waals surface area contributed by atoms with E-state index in [1.165, 1.54) is 12.1 Å². The molecule has 1 fully saturated rings. The van der Waals surface area contributed by atoms with Crippen LogP contribution in [-0.4, -0.2) is 70.2 Å². The van der Waals surface area contributed by atoms with Gasteiger partial charge in [-0.3, -0.25) is 9.69 Å². The van der Waals surface area contributed by atoms with E-state index in [0.717, 1.165) is 6.07 Å². The average Bonchev–Trinajstić information content (AvgIpc) is 2.86. The highest BCUT2D eigenvalue weighted by molar-refractivity contribution is 7.91. The van der Waals surface area contributed by atoms with Crippen LogP contribution in [0.3, 0.4) is 0 Å². The van der Waals surface area contributed by atoms with Crippen LogP contribution < -0.4 is 10.1 Å². The van der Waals surface area contributed by atoms with Crippen LogP contribution in [0.15, 0.2) is 41.3 Å². The van der Waals surface area contributed by atoms with Crippen LogP contribution in [0.4, 0.5) is 18.0 Å². The van der Waals surface area contributed by atoms with Gasteiger partial charge in [0.2, 0.25) is 0 Å². The van der Waals surface area contributed by atoms with Crippen molar-refractivity contribution >= 4 is 34.8 Å². The summed E-state index contributed by atoms with van der Waals surface area (Å²) >= 11 is 4.77. The van der Waals surface area contributed by atoms with Gasteiger partial charge in [-0.2, -0.15) is 0 Å². The predicted octanol–water partition coefficient (Wildman–Crippen LogP) is 5.35. The molecule has 2 amide bonds. The predicted molar refractivity (Wildman–Crippen MR) is 146 cm³/mol. The summed E-state index contributed by atoms with van der Waals surface area (Å²) in [5, 5.41) is 3.06. The summed E-state index contributed by atoms with van der Waals surface area (Å²) in [6.07, 6.45) is -5.39. The van der Waals surface area contributed by atoms with Gasteiger partial charge in [0.1, 0.15) is 17.1 Å². The first kappa shape index (κ1) is 31.9. The van der Waals surface area contributed by atoms with Crippen LogP contribution in [0, 0.1) is 0 Å². The molecule has 220 valence electrons. The topological polar surface area (TPSA) is 94.2 Å². The molecule has 0 radical (unpaired) electrons. The first-order valence-electron chi connectivity index (χ1n) is 12.7. The van der Waals surface area contributed by atoms with Crippen molar-refractivity contribution in [2.75, 3.05) is 31.9 Å². The molecule has 13 heteroatoms. The summed E-state index contributed by atoms with van der Waals surface area (Å²) in [6, 6.07) is 8.72. The molecule has 40 heavy (non-hydrogen) atoms. The zero-order valence-electron chi connectivity index (χ0n) is 22.8. The molecular formula is C27H33ClF3N3O5S. The Bertz CT molecular complexity index is 1200. The summed E-state index contributed by atoms with van der Waals surface area (Å²) in [4.78, 5) is 29.1. The summed E-state index contributed by atoms with van der Waals surface area (Å²) in [5.74, 6) is -0.735. The van der Waals surface area contributed by atoms with Crippen molar-refractivity contribution in [1.82, 2.24) is 15.1 Å². The Kier molecular flexibility index (Phi) is 10.6. The zero-order chi connectivity index (χ0) is 29.7. The number of nitrogens with zero attached hydrogens (tertiary/aromatic N) is 2. The minimum absolute atomic E-state index is 0.0143. The molecule has 2 aromatic rings. The van der Waals surface area contributed by atoms with Gasteiger partial charge in [0.25, 0.3) is 5.91 Å². The van der Waals surface area contributed by atoms with Gasteiger partial charge in [0.05, 0.1) is 0 Å². The van der Waals surface area contributed by atoms with Gasteiger partial charge in [-0.25, -0.2) is 4.79 Å². The maximum absolute atomic E-state index is 13.2. The summed E-state index contributed by atoms with van der Waals surface area (Å²) in [6.45, 7) is 8.77. The molecular weight excluding hydrogens is 571 g/mol. The minimum Gasteiger partial charge on any atom is -0.611 e. The van der Waals surface area contributed by atoms with Gasteiger partial charge in [-0.1, -0.05) is 17.7 Å². The first-order valence-corrected chi connectivity index (χ1v) is 14.4. The number of nitrogens with one attached hydrogen (secondary N) is 1. The molecule has 1 atom stereocenters. The lowest BCUT2D eigenvalue weighted by Crippen LogP contribution is -2.49. The van der Waals surface area contributed by atoms with E-state index in [1.807, 2.05) is 4.90 Å². The molecule has 2 aromatic carbocycles. The number of rotatable bonds is 8. The van der Waals surface area contributed by atoms with E-state index in [-0.39, 0.29) is 24.2 Å². The van der Waals surface area contributed by atoms with Gasteiger partial charge in [-0.05, 0) is 69.2 Å². The van der Waals surface area contributed by atoms with Gasteiger partial charge >= 0.3 is 12.5 Å². The number of halogens is 4. The quantitative estimate of drug-likeness (QED) is 0.409. The Morgan fingerprint density at radius 2 is 1.73 bits per heavy atom. The lowest BCUT2D eigenvalue weighted by molar-refractivity contribution is -0.275. The molecule has 0 spiro atoms. The molecule has 8 nitrogen and oxygen atoms in total. The van der Waals surface area contributed by atoms with Crippen LogP contribution >= 0.6 is 11.6 Å². The van der Waals surface area contributed by atoms with Crippen molar-refractivity contribution in [3.8, 4) is 5.75 Å². The molecule has 3 rings (SSSR count). The Hall–Kier alpha value is -2.67. The lowest BCUT2D eigenvalue weighted by atomic mass is 10.1. The monoisotopic (exact) mass is 603 g/mol. The van der Waals surface area contributed by atoms with Gasteiger partial charge < -0.3 is 24.2 Å². The van der Waals surface area contributed by atoms with Crippen molar-refractivity contribution in [3.05, 3.63) is 58.1 Å². The maximum Gasteiger partial charge on any atom is 0.573 e. The number of carbonyl (C=O) groups excluding carboxylic acids is 2. The molecule has 1 aliphatic rings. The molecule has 1 saturated heterocycles. The van der Waals surface area contributed by atoms with E-state index >= 15 is 0 Å². The molecule has 1 heterocycles. The van der Waals surface area contributed by atoms with Crippen molar-refractivity contribution in [2.45, 2.75) is 57.6 Å². The number of hydrogen-bond donors (Lipinski definition) is 1. The summed E-state index contributed by atoms with van der Waals surface area (Å²) in [5.41, 5.74) is 0.138. The molecule has 0 aromatic heterocycles. The van der Waals surface area contributed by atoms with Crippen LogP contribution in [0.5, 0.6) is 5.75 Å². The smallest absolute Gasteiger partial charge is 0.573 e. The number of benzene rings is 2. The highest BCUT2D eigenvalue weighted by Crippen LogP contribution is 2.29. The second kappa shape index (κ2) is 13.3. The Labute approximate surface area is 239 Å². The highest BCUT2D eigenvalue weighted by Gasteiger charge is 2.33. The van der Waals surface area contributed by atoms with Crippen molar-refractivity contribution in [3.63, 3.8) is 0 Å². The Balaban J connectivity index is 1.70. The Morgan fingerprint density at radius 1 is 1.05 bits per heavy atom. The highest BCUT2D eigenvalue weighted by atomic mass is 35.5. The van der Waals surface area contributed by atoms with Crippen molar-refractivity contribution in [1.29, 1.82) is 0 Å². The number of hydrogen-bond acceptors (Lipinski definition) is 6. The maximum atomic E-state index is 13.2. The number of carbonyl (C=O) groups is 2. The minimum atomic E-state index is -4.96. The number of piperazine rings is 1. The third-order valence-electron chi connectivity index (χ3n) is 5.94.